The molecule has 1 N–H and O–H groups in total. The summed E-state index contributed by atoms with van der Waals surface area (Å²) in [5.74, 6) is -1.55. The zero-order valence-corrected chi connectivity index (χ0v) is 14.4. The van der Waals surface area contributed by atoms with Crippen molar-refractivity contribution in [2.45, 2.75) is 26.7 Å². The van der Waals surface area contributed by atoms with E-state index in [1.807, 2.05) is 19.9 Å². The van der Waals surface area contributed by atoms with Crippen LogP contribution in [0.5, 0.6) is 0 Å². The van der Waals surface area contributed by atoms with Gasteiger partial charge in [-0.3, -0.25) is 4.79 Å². The first kappa shape index (κ1) is 19.2. The Bertz CT molecular complexity index is 420. The van der Waals surface area contributed by atoms with Crippen LogP contribution < -0.4 is 40.0 Å². The van der Waals surface area contributed by atoms with Crippen LogP contribution in [0.2, 0.25) is 0 Å². The number of amides is 1. The quantitative estimate of drug-likeness (QED) is 0.602. The van der Waals surface area contributed by atoms with Gasteiger partial charge < -0.3 is 15.2 Å². The van der Waals surface area contributed by atoms with E-state index in [0.717, 1.165) is 6.42 Å². The van der Waals surface area contributed by atoms with Crippen molar-refractivity contribution in [2.24, 2.45) is 11.8 Å². The predicted octanol–water partition coefficient (Wildman–Crippen LogP) is -1.78. The molecule has 5 heteroatoms. The molecule has 1 rings (SSSR count). The monoisotopic (exact) mass is 285 g/mol. The van der Waals surface area contributed by atoms with E-state index in [0.29, 0.717) is 17.9 Å². The number of nitrogens with one attached hydrogen (secondary N) is 1. The van der Waals surface area contributed by atoms with Gasteiger partial charge in [-0.1, -0.05) is 38.5 Å². The molecular formula is C15H20NNaO3. The maximum atomic E-state index is 11.8. The summed E-state index contributed by atoms with van der Waals surface area (Å²) < 4.78 is 0. The van der Waals surface area contributed by atoms with Crippen LogP contribution in [0.25, 0.3) is 0 Å². The molecule has 0 aliphatic heterocycles. The van der Waals surface area contributed by atoms with Gasteiger partial charge in [0.1, 0.15) is 0 Å². The molecule has 4 nitrogen and oxygen atoms in total. The topological polar surface area (TPSA) is 69.2 Å². The zero-order valence-electron chi connectivity index (χ0n) is 12.4. The number of hydrogen-bond acceptors (Lipinski definition) is 3. The molecule has 0 spiro atoms. The second-order valence-electron chi connectivity index (χ2n) is 5.06. The SMILES string of the molecule is CC(C)CCC(CNC(=O)c1ccccc1)C(=O)[O-].[Na+]. The van der Waals surface area contributed by atoms with Crippen molar-refractivity contribution < 1.29 is 44.3 Å². The van der Waals surface area contributed by atoms with E-state index in [9.17, 15) is 14.7 Å². The second-order valence-corrected chi connectivity index (χ2v) is 5.06. The normalized spacial score (nSPS) is 11.6. The van der Waals surface area contributed by atoms with Gasteiger partial charge in [-0.25, -0.2) is 0 Å². The van der Waals surface area contributed by atoms with Crippen LogP contribution in [0.1, 0.15) is 37.0 Å². The number of carbonyl (C=O) groups is 2. The minimum Gasteiger partial charge on any atom is -0.550 e. The Morgan fingerprint density at radius 1 is 1.15 bits per heavy atom. The number of carbonyl (C=O) groups excluding carboxylic acids is 2. The Labute approximate surface area is 142 Å². The van der Waals surface area contributed by atoms with Crippen LogP contribution >= 0.6 is 0 Å². The van der Waals surface area contributed by atoms with Gasteiger partial charge in [0.15, 0.2) is 0 Å². The molecule has 1 aromatic carbocycles. The molecule has 20 heavy (non-hydrogen) atoms. The molecule has 0 heterocycles. The van der Waals surface area contributed by atoms with Gasteiger partial charge in [-0.15, -0.1) is 0 Å². The van der Waals surface area contributed by atoms with E-state index in [2.05, 4.69) is 5.32 Å². The number of rotatable bonds is 7. The molecule has 0 saturated carbocycles. The van der Waals surface area contributed by atoms with Gasteiger partial charge in [0.2, 0.25) is 0 Å². The fourth-order valence-corrected chi connectivity index (χ4v) is 1.75. The molecular weight excluding hydrogens is 265 g/mol. The molecule has 1 aromatic rings. The standard InChI is InChI=1S/C15H21NO3.Na/c1-11(2)8-9-13(15(18)19)10-16-14(17)12-6-4-3-5-7-12;/h3-7,11,13H,8-10H2,1-2H3,(H,16,17)(H,18,19);/q;+1/p-1. The van der Waals surface area contributed by atoms with Crippen molar-refractivity contribution in [3.63, 3.8) is 0 Å². The maximum Gasteiger partial charge on any atom is 1.00 e. The molecule has 0 bridgehead atoms. The number of carboxylic acids is 1. The molecule has 0 saturated heterocycles. The molecule has 0 aliphatic rings. The summed E-state index contributed by atoms with van der Waals surface area (Å²) in [7, 11) is 0. The fourth-order valence-electron chi connectivity index (χ4n) is 1.75. The van der Waals surface area contributed by atoms with Gasteiger partial charge in [-0.2, -0.15) is 0 Å². The minimum absolute atomic E-state index is 0. The number of benzene rings is 1. The summed E-state index contributed by atoms with van der Waals surface area (Å²) in [5, 5.41) is 13.6. The minimum atomic E-state index is -1.10. The Kier molecular flexibility index (Phi) is 9.55. The van der Waals surface area contributed by atoms with Gasteiger partial charge in [0.25, 0.3) is 5.91 Å². The first-order valence-electron chi connectivity index (χ1n) is 6.54. The van der Waals surface area contributed by atoms with Gasteiger partial charge in [0, 0.05) is 24.0 Å². The third kappa shape index (κ3) is 7.08. The van der Waals surface area contributed by atoms with E-state index in [1.54, 1.807) is 24.3 Å². The summed E-state index contributed by atoms with van der Waals surface area (Å²) in [6.07, 6.45) is 1.33. The van der Waals surface area contributed by atoms with E-state index in [4.69, 9.17) is 0 Å². The van der Waals surface area contributed by atoms with Crippen LogP contribution in [-0.4, -0.2) is 18.4 Å². The number of carboxylic acid groups (broad SMARTS) is 1. The van der Waals surface area contributed by atoms with E-state index < -0.39 is 11.9 Å². The Morgan fingerprint density at radius 2 is 1.75 bits per heavy atom. The molecule has 1 atom stereocenters. The largest absolute Gasteiger partial charge is 1.00 e. The Hall–Kier alpha value is -0.840. The number of aliphatic carboxylic acids is 1. The molecule has 0 aromatic heterocycles. The summed E-state index contributed by atoms with van der Waals surface area (Å²) in [5.41, 5.74) is 0.531. The van der Waals surface area contributed by atoms with Crippen molar-refractivity contribution in [2.75, 3.05) is 6.54 Å². The summed E-state index contributed by atoms with van der Waals surface area (Å²) in [6, 6.07) is 8.74. The van der Waals surface area contributed by atoms with Crippen LogP contribution in [-0.2, 0) is 4.79 Å². The first-order chi connectivity index (χ1) is 9.00. The van der Waals surface area contributed by atoms with Crippen molar-refractivity contribution in [3.8, 4) is 0 Å². The Balaban J connectivity index is 0.00000361. The molecule has 1 amide bonds. The van der Waals surface area contributed by atoms with Crippen molar-refractivity contribution in [1.82, 2.24) is 5.32 Å². The van der Waals surface area contributed by atoms with Crippen LogP contribution in [0.15, 0.2) is 30.3 Å². The average molecular weight is 285 g/mol. The first-order valence-corrected chi connectivity index (χ1v) is 6.54. The molecule has 104 valence electrons. The van der Waals surface area contributed by atoms with E-state index in [1.165, 1.54) is 0 Å². The maximum absolute atomic E-state index is 11.8. The third-order valence-electron chi connectivity index (χ3n) is 2.97. The second kappa shape index (κ2) is 9.97. The average Bonchev–Trinajstić information content (AvgIpc) is 2.38. The van der Waals surface area contributed by atoms with Crippen molar-refractivity contribution in [1.29, 1.82) is 0 Å². The van der Waals surface area contributed by atoms with Gasteiger partial charge in [-0.05, 0) is 24.5 Å². The van der Waals surface area contributed by atoms with Crippen LogP contribution in [0.4, 0.5) is 0 Å². The fraction of sp³-hybridized carbons (Fsp3) is 0.467. The zero-order chi connectivity index (χ0) is 14.3. The molecule has 1 unspecified atom stereocenters. The van der Waals surface area contributed by atoms with E-state index in [-0.39, 0.29) is 42.0 Å². The van der Waals surface area contributed by atoms with Crippen LogP contribution in [0.3, 0.4) is 0 Å². The summed E-state index contributed by atoms with van der Waals surface area (Å²) >= 11 is 0. The Morgan fingerprint density at radius 3 is 2.25 bits per heavy atom. The summed E-state index contributed by atoms with van der Waals surface area (Å²) in [6.45, 7) is 4.19. The number of hydrogen-bond donors (Lipinski definition) is 1. The van der Waals surface area contributed by atoms with Crippen molar-refractivity contribution >= 4 is 11.9 Å². The molecule has 0 aliphatic carbocycles. The smallest absolute Gasteiger partial charge is 0.550 e. The predicted molar refractivity (Wildman–Crippen MR) is 71.3 cm³/mol. The summed E-state index contributed by atoms with van der Waals surface area (Å²) in [4.78, 5) is 22.8. The molecule has 0 fully saturated rings. The third-order valence-corrected chi connectivity index (χ3v) is 2.97. The van der Waals surface area contributed by atoms with E-state index >= 15 is 0 Å². The van der Waals surface area contributed by atoms with Crippen molar-refractivity contribution in [3.05, 3.63) is 35.9 Å². The molecule has 0 radical (unpaired) electrons. The van der Waals surface area contributed by atoms with Crippen LogP contribution in [0, 0.1) is 11.8 Å². The van der Waals surface area contributed by atoms with Gasteiger partial charge >= 0.3 is 29.6 Å². The van der Waals surface area contributed by atoms with Gasteiger partial charge in [0.05, 0.1) is 0 Å².